The quantitative estimate of drug-likeness (QED) is 0.539. The molecule has 112 valence electrons. The van der Waals surface area contributed by atoms with Crippen molar-refractivity contribution in [2.45, 2.75) is 52.0 Å². The highest BCUT2D eigenvalue weighted by Gasteiger charge is 2.07. The number of hydrogen-bond acceptors (Lipinski definition) is 3. The Kier molecular flexibility index (Phi) is 7.55. The largest absolute Gasteiger partial charge is 0.493 e. The number of amides is 1. The van der Waals surface area contributed by atoms with Crippen LogP contribution in [0.2, 0.25) is 0 Å². The monoisotopic (exact) mass is 278 g/mol. The van der Waals surface area contributed by atoms with Crippen LogP contribution >= 0.6 is 0 Å². The maximum Gasteiger partial charge on any atom is 0.223 e. The average Bonchev–Trinajstić information content (AvgIpc) is 2.41. The highest BCUT2D eigenvalue weighted by Crippen LogP contribution is 2.13. The summed E-state index contributed by atoms with van der Waals surface area (Å²) in [6, 6.07) is 7.42. The van der Waals surface area contributed by atoms with E-state index in [0.717, 1.165) is 12.2 Å². The molecule has 0 aromatic heterocycles. The number of hydrogen-bond donors (Lipinski definition) is 2. The number of nitrogens with one attached hydrogen (secondary N) is 1. The van der Waals surface area contributed by atoms with Gasteiger partial charge in [-0.25, -0.2) is 0 Å². The average molecular weight is 278 g/mol. The number of carbonyl (C=O) groups excluding carboxylic acids is 1. The van der Waals surface area contributed by atoms with Gasteiger partial charge in [-0.15, -0.1) is 0 Å². The molecule has 1 atom stereocenters. The molecule has 0 spiro atoms. The van der Waals surface area contributed by atoms with Crippen LogP contribution in [0.1, 0.15) is 46.0 Å². The number of ether oxygens (including phenoxy) is 1. The molecule has 0 bridgehead atoms. The van der Waals surface area contributed by atoms with Crippen LogP contribution in [0, 0.1) is 0 Å². The second kappa shape index (κ2) is 9.23. The minimum Gasteiger partial charge on any atom is -0.493 e. The smallest absolute Gasteiger partial charge is 0.223 e. The van der Waals surface area contributed by atoms with Crippen molar-refractivity contribution in [1.29, 1.82) is 0 Å². The van der Waals surface area contributed by atoms with E-state index in [0.29, 0.717) is 18.7 Å². The molecule has 0 heterocycles. The molecule has 20 heavy (non-hydrogen) atoms. The molecule has 0 saturated heterocycles. The molecular formula is C16H26N2O2. The van der Waals surface area contributed by atoms with Gasteiger partial charge in [-0.05, 0) is 37.6 Å². The summed E-state index contributed by atoms with van der Waals surface area (Å²) in [5, 5.41) is 3.00. The molecule has 4 heteroatoms. The van der Waals surface area contributed by atoms with Gasteiger partial charge in [0.05, 0.1) is 13.0 Å². The first-order valence-electron chi connectivity index (χ1n) is 7.39. The van der Waals surface area contributed by atoms with Gasteiger partial charge in [-0.3, -0.25) is 4.79 Å². The van der Waals surface area contributed by atoms with Crippen LogP contribution in [0.15, 0.2) is 24.3 Å². The van der Waals surface area contributed by atoms with Crippen molar-refractivity contribution in [2.24, 2.45) is 0 Å². The third-order valence-electron chi connectivity index (χ3n) is 3.13. The number of unbranched alkanes of at least 4 members (excludes halogenated alkanes) is 2. The van der Waals surface area contributed by atoms with E-state index in [-0.39, 0.29) is 11.9 Å². The van der Waals surface area contributed by atoms with Crippen LogP contribution in [0.5, 0.6) is 5.75 Å². The Morgan fingerprint density at radius 2 is 2.00 bits per heavy atom. The Morgan fingerprint density at radius 1 is 1.30 bits per heavy atom. The van der Waals surface area contributed by atoms with Crippen LogP contribution in [-0.2, 0) is 4.79 Å². The minimum absolute atomic E-state index is 0.0458. The molecule has 1 unspecified atom stereocenters. The van der Waals surface area contributed by atoms with Gasteiger partial charge >= 0.3 is 0 Å². The molecule has 3 N–H and O–H groups in total. The summed E-state index contributed by atoms with van der Waals surface area (Å²) < 4.78 is 5.50. The molecule has 0 aliphatic heterocycles. The first-order valence-corrected chi connectivity index (χ1v) is 7.39. The van der Waals surface area contributed by atoms with E-state index in [1.54, 1.807) is 24.3 Å². The standard InChI is InChI=1S/C16H26N2O2/c1-3-4-5-6-13(2)18-16(19)11-12-20-15-9-7-14(17)8-10-15/h7-10,13H,3-6,11-12,17H2,1-2H3,(H,18,19). The Hall–Kier alpha value is -1.71. The Balaban J connectivity index is 2.14. The lowest BCUT2D eigenvalue weighted by atomic mass is 10.1. The van der Waals surface area contributed by atoms with Gasteiger partial charge in [0.1, 0.15) is 5.75 Å². The molecule has 0 radical (unpaired) electrons. The Morgan fingerprint density at radius 3 is 2.65 bits per heavy atom. The van der Waals surface area contributed by atoms with E-state index in [1.165, 1.54) is 19.3 Å². The van der Waals surface area contributed by atoms with E-state index in [4.69, 9.17) is 10.5 Å². The van der Waals surface area contributed by atoms with Gasteiger partial charge in [0.2, 0.25) is 5.91 Å². The van der Waals surface area contributed by atoms with Gasteiger partial charge in [-0.1, -0.05) is 26.2 Å². The highest BCUT2D eigenvalue weighted by atomic mass is 16.5. The summed E-state index contributed by atoms with van der Waals surface area (Å²) in [5.74, 6) is 0.785. The fourth-order valence-corrected chi connectivity index (χ4v) is 1.95. The minimum atomic E-state index is 0.0458. The maximum absolute atomic E-state index is 11.7. The van der Waals surface area contributed by atoms with Crippen LogP contribution in [0.4, 0.5) is 5.69 Å². The zero-order valence-corrected chi connectivity index (χ0v) is 12.5. The Bertz CT molecular complexity index is 390. The molecule has 1 aromatic rings. The third kappa shape index (κ3) is 7.02. The van der Waals surface area contributed by atoms with Crippen molar-refractivity contribution in [3.05, 3.63) is 24.3 Å². The number of carbonyl (C=O) groups is 1. The summed E-state index contributed by atoms with van der Waals surface area (Å²) in [6.07, 6.45) is 5.01. The molecule has 1 amide bonds. The van der Waals surface area contributed by atoms with E-state index >= 15 is 0 Å². The van der Waals surface area contributed by atoms with Gasteiger partial charge in [0, 0.05) is 11.7 Å². The lowest BCUT2D eigenvalue weighted by Crippen LogP contribution is -2.33. The van der Waals surface area contributed by atoms with Crippen molar-refractivity contribution in [1.82, 2.24) is 5.32 Å². The van der Waals surface area contributed by atoms with E-state index < -0.39 is 0 Å². The molecule has 0 fully saturated rings. The molecule has 1 rings (SSSR count). The second-order valence-electron chi connectivity index (χ2n) is 5.13. The van der Waals surface area contributed by atoms with Gasteiger partial charge in [-0.2, -0.15) is 0 Å². The normalized spacial score (nSPS) is 11.9. The summed E-state index contributed by atoms with van der Waals surface area (Å²) in [5.41, 5.74) is 6.29. The van der Waals surface area contributed by atoms with Gasteiger partial charge in [0.25, 0.3) is 0 Å². The number of rotatable bonds is 9. The fraction of sp³-hybridized carbons (Fsp3) is 0.562. The van der Waals surface area contributed by atoms with Crippen LogP contribution < -0.4 is 15.8 Å². The van der Waals surface area contributed by atoms with Crippen molar-refractivity contribution < 1.29 is 9.53 Å². The summed E-state index contributed by atoms with van der Waals surface area (Å²) in [6.45, 7) is 4.61. The number of anilines is 1. The van der Waals surface area contributed by atoms with Crippen molar-refractivity contribution in [3.63, 3.8) is 0 Å². The van der Waals surface area contributed by atoms with E-state index in [1.807, 2.05) is 6.92 Å². The number of benzene rings is 1. The van der Waals surface area contributed by atoms with Gasteiger partial charge in [0.15, 0.2) is 0 Å². The molecule has 0 aliphatic carbocycles. The fourth-order valence-electron chi connectivity index (χ4n) is 1.95. The third-order valence-corrected chi connectivity index (χ3v) is 3.13. The van der Waals surface area contributed by atoms with Crippen molar-refractivity contribution in [3.8, 4) is 5.75 Å². The molecule has 0 saturated carbocycles. The van der Waals surface area contributed by atoms with E-state index in [2.05, 4.69) is 12.2 Å². The zero-order chi connectivity index (χ0) is 14.8. The number of nitrogen functional groups attached to an aromatic ring is 1. The summed E-state index contributed by atoms with van der Waals surface area (Å²) in [4.78, 5) is 11.7. The molecular weight excluding hydrogens is 252 g/mol. The van der Waals surface area contributed by atoms with Crippen LogP contribution in [0.25, 0.3) is 0 Å². The number of nitrogens with two attached hydrogens (primary N) is 1. The second-order valence-corrected chi connectivity index (χ2v) is 5.13. The predicted octanol–water partition coefficient (Wildman–Crippen LogP) is 3.12. The van der Waals surface area contributed by atoms with E-state index in [9.17, 15) is 4.79 Å². The lowest BCUT2D eigenvalue weighted by molar-refractivity contribution is -0.122. The van der Waals surface area contributed by atoms with Crippen LogP contribution in [0.3, 0.4) is 0 Å². The topological polar surface area (TPSA) is 64.3 Å². The van der Waals surface area contributed by atoms with Gasteiger partial charge < -0.3 is 15.8 Å². The highest BCUT2D eigenvalue weighted by molar-refractivity contribution is 5.76. The SMILES string of the molecule is CCCCCC(C)NC(=O)CCOc1ccc(N)cc1. The van der Waals surface area contributed by atoms with Crippen LogP contribution in [-0.4, -0.2) is 18.6 Å². The van der Waals surface area contributed by atoms with Crippen molar-refractivity contribution in [2.75, 3.05) is 12.3 Å². The molecule has 4 nitrogen and oxygen atoms in total. The zero-order valence-electron chi connectivity index (χ0n) is 12.5. The summed E-state index contributed by atoms with van der Waals surface area (Å²) >= 11 is 0. The van der Waals surface area contributed by atoms with Crippen molar-refractivity contribution >= 4 is 11.6 Å². The first-order chi connectivity index (χ1) is 9.61. The first kappa shape index (κ1) is 16.3. The lowest BCUT2D eigenvalue weighted by Gasteiger charge is -2.13. The molecule has 1 aromatic carbocycles. The predicted molar refractivity (Wildman–Crippen MR) is 82.7 cm³/mol. The summed E-state index contributed by atoms with van der Waals surface area (Å²) in [7, 11) is 0. The molecule has 0 aliphatic rings. The maximum atomic E-state index is 11.7. The Labute approximate surface area is 121 Å².